The molecule has 5 heteroatoms. The minimum absolute atomic E-state index is 0.252. The largest absolute Gasteiger partial charge is 0.366 e. The number of carbonyl (C=O) groups is 1. The highest BCUT2D eigenvalue weighted by Crippen LogP contribution is 2.57. The zero-order valence-electron chi connectivity index (χ0n) is 15.6. The molecule has 0 aromatic heterocycles. The van der Waals surface area contributed by atoms with E-state index in [2.05, 4.69) is 51.9 Å². The van der Waals surface area contributed by atoms with Crippen LogP contribution in [0, 0.1) is 5.41 Å². The van der Waals surface area contributed by atoms with Gasteiger partial charge in [0.1, 0.15) is 5.54 Å². The lowest BCUT2D eigenvalue weighted by molar-refractivity contribution is -0.118. The van der Waals surface area contributed by atoms with Gasteiger partial charge < -0.3 is 15.4 Å². The summed E-state index contributed by atoms with van der Waals surface area (Å²) in [5.41, 5.74) is 3.59. The van der Waals surface area contributed by atoms with E-state index in [1.165, 1.54) is 16.7 Å². The Labute approximate surface area is 175 Å². The third-order valence-corrected chi connectivity index (χ3v) is 7.03. The number of rotatable bonds is 4. The molecule has 0 radical (unpaired) electrons. The van der Waals surface area contributed by atoms with Crippen molar-refractivity contribution in [3.63, 3.8) is 0 Å². The molecule has 1 aromatic carbocycles. The van der Waals surface area contributed by atoms with Crippen molar-refractivity contribution < 1.29 is 4.79 Å². The van der Waals surface area contributed by atoms with Crippen LogP contribution in [0.2, 0.25) is 0 Å². The Morgan fingerprint density at radius 1 is 1.22 bits per heavy atom. The summed E-state index contributed by atoms with van der Waals surface area (Å²) in [6.45, 7) is 7.96. The average Bonchev–Trinajstić information content (AvgIpc) is 2.80. The molecule has 2 aliphatic rings. The molecule has 3 nitrogen and oxygen atoms in total. The van der Waals surface area contributed by atoms with E-state index in [1.54, 1.807) is 7.05 Å². The van der Waals surface area contributed by atoms with E-state index < -0.39 is 5.54 Å². The third-order valence-electron chi connectivity index (χ3n) is 6.23. The van der Waals surface area contributed by atoms with Gasteiger partial charge in [-0.3, -0.25) is 0 Å². The van der Waals surface area contributed by atoms with E-state index in [-0.39, 0.29) is 5.41 Å². The van der Waals surface area contributed by atoms with Gasteiger partial charge in [0.05, 0.1) is 0 Å². The van der Waals surface area contributed by atoms with Crippen molar-refractivity contribution in [2.75, 3.05) is 7.05 Å². The lowest BCUT2D eigenvalue weighted by Crippen LogP contribution is -2.58. The van der Waals surface area contributed by atoms with Crippen LogP contribution in [0.5, 0.6) is 0 Å². The molecule has 1 spiro atoms. The van der Waals surface area contributed by atoms with Crippen molar-refractivity contribution in [1.29, 1.82) is 0 Å². The number of fused-ring (bicyclic) bond motifs is 1. The monoisotopic (exact) mass is 444 g/mol. The Balaban J connectivity index is 2.14. The summed E-state index contributed by atoms with van der Waals surface area (Å²) in [7, 11) is 1.78. The summed E-state index contributed by atoms with van der Waals surface area (Å²) in [6.07, 6.45) is 9.31. The second kappa shape index (κ2) is 7.72. The number of benzene rings is 1. The highest BCUT2D eigenvalue weighted by molar-refractivity contribution is 9.10. The van der Waals surface area contributed by atoms with Crippen molar-refractivity contribution in [3.8, 4) is 0 Å². The van der Waals surface area contributed by atoms with Gasteiger partial charge in [0.25, 0.3) is 0 Å². The molecule has 1 unspecified atom stereocenters. The fourth-order valence-electron chi connectivity index (χ4n) is 4.75. The van der Waals surface area contributed by atoms with Crippen LogP contribution in [-0.4, -0.2) is 18.4 Å². The molecule has 142 valence electrons. The minimum atomic E-state index is -0.852. The fourth-order valence-corrected chi connectivity index (χ4v) is 5.27. The number of allylic oxidation sites excluding steroid dienone is 4. The number of thiocarbonyl (C=S) groups is 1. The lowest BCUT2D eigenvalue weighted by Gasteiger charge is -2.44. The van der Waals surface area contributed by atoms with Crippen molar-refractivity contribution in [1.82, 2.24) is 10.6 Å². The Morgan fingerprint density at radius 3 is 2.37 bits per heavy atom. The Hall–Kier alpha value is -1.72. The van der Waals surface area contributed by atoms with Crippen LogP contribution in [0.3, 0.4) is 0 Å². The second-order valence-electron chi connectivity index (χ2n) is 7.35. The van der Waals surface area contributed by atoms with Gasteiger partial charge in [-0.25, -0.2) is 0 Å². The molecule has 3 rings (SSSR count). The smallest absolute Gasteiger partial charge is 0.167 e. The molecule has 0 bridgehead atoms. The van der Waals surface area contributed by atoms with Crippen LogP contribution in [0.15, 0.2) is 59.1 Å². The first-order valence-electron chi connectivity index (χ1n) is 9.17. The first-order chi connectivity index (χ1) is 12.9. The molecule has 1 atom stereocenters. The Kier molecular flexibility index (Phi) is 5.73. The number of hydrogen-bond donors (Lipinski definition) is 2. The first-order valence-corrected chi connectivity index (χ1v) is 10.4. The van der Waals surface area contributed by atoms with Crippen molar-refractivity contribution >= 4 is 39.5 Å². The van der Waals surface area contributed by atoms with Crippen LogP contribution in [0.25, 0.3) is 0 Å². The standard InChI is InChI=1S/C22H25BrN2OS/c1-4-15-8-10-21(11-9-16(15)5-2)13-17-6-7-18(23)12-19(17)22(21,14-26)25-20(27)24-3/h4-7,12,14H,1-2,8-11,13H2,3H3,(H2,24,25,27). The van der Waals surface area contributed by atoms with Crippen molar-refractivity contribution in [2.24, 2.45) is 5.41 Å². The Morgan fingerprint density at radius 2 is 1.85 bits per heavy atom. The second-order valence-corrected chi connectivity index (χ2v) is 8.67. The molecule has 2 aliphatic carbocycles. The van der Waals surface area contributed by atoms with E-state index in [0.717, 1.165) is 48.4 Å². The minimum Gasteiger partial charge on any atom is -0.366 e. The van der Waals surface area contributed by atoms with Crippen LogP contribution >= 0.6 is 28.1 Å². The van der Waals surface area contributed by atoms with E-state index >= 15 is 0 Å². The first kappa shape index (κ1) is 20.0. The van der Waals surface area contributed by atoms with Gasteiger partial charge in [-0.15, -0.1) is 0 Å². The molecule has 1 aromatic rings. The highest BCUT2D eigenvalue weighted by atomic mass is 79.9. The number of carbonyl (C=O) groups excluding carboxylic acids is 1. The summed E-state index contributed by atoms with van der Waals surface area (Å²) in [5, 5.41) is 6.86. The zero-order valence-corrected chi connectivity index (χ0v) is 18.0. The molecule has 2 N–H and O–H groups in total. The normalized spacial score (nSPS) is 23.3. The van der Waals surface area contributed by atoms with Gasteiger partial charge in [0.2, 0.25) is 0 Å². The lowest BCUT2D eigenvalue weighted by atomic mass is 9.65. The van der Waals surface area contributed by atoms with Gasteiger partial charge in [0.15, 0.2) is 11.4 Å². The van der Waals surface area contributed by atoms with Gasteiger partial charge in [0, 0.05) is 16.9 Å². The fraction of sp³-hybridized carbons (Fsp3) is 0.364. The predicted molar refractivity (Wildman–Crippen MR) is 119 cm³/mol. The predicted octanol–water partition coefficient (Wildman–Crippen LogP) is 4.72. The SMILES string of the molecule is C=CC1=C(C=C)CCC2(CC1)Cc1ccc(Br)cc1C2(C=O)NC(=S)NC. The zero-order chi connectivity index (χ0) is 19.7. The van der Waals surface area contributed by atoms with E-state index in [0.29, 0.717) is 5.11 Å². The summed E-state index contributed by atoms with van der Waals surface area (Å²) in [5.74, 6) is 0. The van der Waals surface area contributed by atoms with Crippen LogP contribution in [0.4, 0.5) is 0 Å². The highest BCUT2D eigenvalue weighted by Gasteiger charge is 2.58. The number of hydrogen-bond acceptors (Lipinski definition) is 2. The summed E-state index contributed by atoms with van der Waals surface area (Å²) in [6, 6.07) is 6.23. The maximum absolute atomic E-state index is 12.7. The van der Waals surface area contributed by atoms with Crippen LogP contribution in [-0.2, 0) is 16.8 Å². The van der Waals surface area contributed by atoms with Crippen molar-refractivity contribution in [3.05, 3.63) is 70.3 Å². The van der Waals surface area contributed by atoms with Gasteiger partial charge in [-0.05, 0) is 78.7 Å². The molecular formula is C22H25BrN2OS. The van der Waals surface area contributed by atoms with Crippen LogP contribution in [0.1, 0.15) is 36.8 Å². The topological polar surface area (TPSA) is 41.1 Å². The Bertz CT molecular complexity index is 823. The number of halogens is 1. The van der Waals surface area contributed by atoms with Gasteiger partial charge >= 0.3 is 0 Å². The summed E-state index contributed by atoms with van der Waals surface area (Å²) >= 11 is 9.01. The average molecular weight is 445 g/mol. The summed E-state index contributed by atoms with van der Waals surface area (Å²) < 4.78 is 0.965. The molecule has 0 saturated carbocycles. The summed E-state index contributed by atoms with van der Waals surface area (Å²) in [4.78, 5) is 12.7. The molecule has 0 heterocycles. The number of aldehydes is 1. The number of nitrogens with one attached hydrogen (secondary N) is 2. The van der Waals surface area contributed by atoms with E-state index in [4.69, 9.17) is 12.2 Å². The van der Waals surface area contributed by atoms with Crippen molar-refractivity contribution in [2.45, 2.75) is 37.6 Å². The third kappa shape index (κ3) is 3.21. The maximum atomic E-state index is 12.7. The van der Waals surface area contributed by atoms with Gasteiger partial charge in [-0.2, -0.15) is 0 Å². The quantitative estimate of drug-likeness (QED) is 0.520. The maximum Gasteiger partial charge on any atom is 0.167 e. The van der Waals surface area contributed by atoms with E-state index in [1.807, 2.05) is 18.2 Å². The molecule has 27 heavy (non-hydrogen) atoms. The van der Waals surface area contributed by atoms with Gasteiger partial charge in [-0.1, -0.05) is 47.3 Å². The van der Waals surface area contributed by atoms with Crippen LogP contribution < -0.4 is 10.6 Å². The molecule has 0 aliphatic heterocycles. The molecule has 0 amide bonds. The molecule has 0 fully saturated rings. The van der Waals surface area contributed by atoms with E-state index in [9.17, 15) is 4.79 Å². The molecule has 0 saturated heterocycles. The molecular weight excluding hydrogens is 420 g/mol.